The van der Waals surface area contributed by atoms with Crippen LogP contribution in [0, 0.1) is 0 Å². The number of hydrogen-bond donors (Lipinski definition) is 0. The largest absolute Gasteiger partial charge is 0.349 e. The van der Waals surface area contributed by atoms with Gasteiger partial charge in [0.05, 0.1) is 18.1 Å². The minimum absolute atomic E-state index is 0.117. The monoisotopic (exact) mass is 379 g/mol. The number of nitrogens with zero attached hydrogens (tertiary/aromatic N) is 3. The maximum Gasteiger partial charge on any atom is 0.237 e. The lowest BCUT2D eigenvalue weighted by molar-refractivity contribution is -0.137. The zero-order valence-electron chi connectivity index (χ0n) is 15.5. The normalized spacial score (nSPS) is 29.0. The van der Waals surface area contributed by atoms with Crippen LogP contribution in [-0.4, -0.2) is 65.4 Å². The molecular formula is C19H29N3O3S. The third-order valence-electron chi connectivity index (χ3n) is 6.41. The van der Waals surface area contributed by atoms with Crippen LogP contribution in [-0.2, 0) is 21.2 Å². The van der Waals surface area contributed by atoms with Gasteiger partial charge < -0.3 is 9.47 Å². The van der Waals surface area contributed by atoms with Crippen molar-refractivity contribution >= 4 is 15.7 Å². The lowest BCUT2D eigenvalue weighted by Gasteiger charge is -2.39. The second-order valence-corrected chi connectivity index (χ2v) is 10.3. The van der Waals surface area contributed by atoms with Gasteiger partial charge in [0.2, 0.25) is 5.91 Å². The molecule has 1 amide bonds. The Kier molecular flexibility index (Phi) is 4.86. The predicted molar refractivity (Wildman–Crippen MR) is 101 cm³/mol. The van der Waals surface area contributed by atoms with Gasteiger partial charge in [0, 0.05) is 43.1 Å². The first-order valence-corrected chi connectivity index (χ1v) is 11.7. The molecule has 4 rings (SSSR count). The van der Waals surface area contributed by atoms with Gasteiger partial charge in [-0.15, -0.1) is 0 Å². The average molecular weight is 380 g/mol. The van der Waals surface area contributed by atoms with E-state index >= 15 is 0 Å². The predicted octanol–water partition coefficient (Wildman–Crippen LogP) is 1.82. The van der Waals surface area contributed by atoms with E-state index in [-0.39, 0.29) is 35.5 Å². The molecule has 1 saturated carbocycles. The standard InChI is InChI=1S/C19H29N3O3S/c1-15-18-7-4-9-20(18)10-11-21(15)13-19(23)22(16-5-2-3-6-16)17-8-12-26(24,25)14-17/h4,7,9,15-17H,2-3,5-6,8,10-14H2,1H3/t15-,17+/m1/s1. The highest BCUT2D eigenvalue weighted by atomic mass is 32.2. The molecule has 2 atom stereocenters. The number of aromatic nitrogens is 1. The van der Waals surface area contributed by atoms with Crippen LogP contribution in [0.15, 0.2) is 18.3 Å². The van der Waals surface area contributed by atoms with Crippen LogP contribution < -0.4 is 0 Å². The summed E-state index contributed by atoms with van der Waals surface area (Å²) in [7, 11) is -2.99. The van der Waals surface area contributed by atoms with E-state index in [1.165, 1.54) is 5.69 Å². The summed E-state index contributed by atoms with van der Waals surface area (Å²) in [6.07, 6.45) is 7.01. The molecule has 26 heavy (non-hydrogen) atoms. The number of fused-ring (bicyclic) bond motifs is 1. The van der Waals surface area contributed by atoms with Gasteiger partial charge in [-0.1, -0.05) is 12.8 Å². The third kappa shape index (κ3) is 3.43. The lowest BCUT2D eigenvalue weighted by atomic mass is 10.1. The quantitative estimate of drug-likeness (QED) is 0.801. The molecule has 1 aromatic rings. The lowest BCUT2D eigenvalue weighted by Crippen LogP contribution is -2.52. The summed E-state index contributed by atoms with van der Waals surface area (Å²) in [6, 6.07) is 4.50. The highest BCUT2D eigenvalue weighted by molar-refractivity contribution is 7.91. The Bertz CT molecular complexity index is 767. The first kappa shape index (κ1) is 18.0. The van der Waals surface area contributed by atoms with Crippen molar-refractivity contribution in [2.24, 2.45) is 0 Å². The molecule has 2 fully saturated rings. The molecule has 0 N–H and O–H groups in total. The first-order chi connectivity index (χ1) is 12.4. The van der Waals surface area contributed by atoms with Gasteiger partial charge in [0.25, 0.3) is 0 Å². The molecule has 3 heterocycles. The Labute approximate surface area is 156 Å². The summed E-state index contributed by atoms with van der Waals surface area (Å²) >= 11 is 0. The topological polar surface area (TPSA) is 62.6 Å². The summed E-state index contributed by atoms with van der Waals surface area (Å²) in [5.74, 6) is 0.487. The van der Waals surface area contributed by atoms with Gasteiger partial charge in [-0.3, -0.25) is 9.69 Å². The Hall–Kier alpha value is -1.34. The molecule has 1 aliphatic carbocycles. The van der Waals surface area contributed by atoms with E-state index in [4.69, 9.17) is 0 Å². The molecule has 3 aliphatic rings. The van der Waals surface area contributed by atoms with Crippen molar-refractivity contribution in [2.45, 2.75) is 63.7 Å². The van der Waals surface area contributed by atoms with E-state index in [2.05, 4.69) is 34.7 Å². The third-order valence-corrected chi connectivity index (χ3v) is 8.17. The Balaban J connectivity index is 1.50. The van der Waals surface area contributed by atoms with Crippen LogP contribution in [0.5, 0.6) is 0 Å². The van der Waals surface area contributed by atoms with E-state index < -0.39 is 9.84 Å². The van der Waals surface area contributed by atoms with E-state index in [0.717, 1.165) is 38.8 Å². The summed E-state index contributed by atoms with van der Waals surface area (Å²) in [6.45, 7) is 4.30. The fourth-order valence-corrected chi connectivity index (χ4v) is 6.69. The molecule has 6 nitrogen and oxygen atoms in total. The second kappa shape index (κ2) is 7.00. The SMILES string of the molecule is C[C@@H]1c2cccn2CCN1CC(=O)N(C1CCCC1)[C@H]1CCS(=O)(=O)C1. The fraction of sp³-hybridized carbons (Fsp3) is 0.737. The van der Waals surface area contributed by atoms with Crippen molar-refractivity contribution in [3.05, 3.63) is 24.0 Å². The number of rotatable bonds is 4. The van der Waals surface area contributed by atoms with Crippen molar-refractivity contribution < 1.29 is 13.2 Å². The maximum atomic E-state index is 13.3. The summed E-state index contributed by atoms with van der Waals surface area (Å²) in [5, 5.41) is 0. The molecular weight excluding hydrogens is 350 g/mol. The molecule has 0 radical (unpaired) electrons. The number of carbonyl (C=O) groups is 1. The first-order valence-electron chi connectivity index (χ1n) is 9.85. The van der Waals surface area contributed by atoms with Gasteiger partial charge in [0.15, 0.2) is 9.84 Å². The van der Waals surface area contributed by atoms with Gasteiger partial charge >= 0.3 is 0 Å². The smallest absolute Gasteiger partial charge is 0.237 e. The Morgan fingerprint density at radius 1 is 1.19 bits per heavy atom. The van der Waals surface area contributed by atoms with Gasteiger partial charge in [-0.05, 0) is 38.3 Å². The molecule has 0 bridgehead atoms. The van der Waals surface area contributed by atoms with Crippen molar-refractivity contribution in [3.8, 4) is 0 Å². The molecule has 2 aliphatic heterocycles. The fourth-order valence-electron chi connectivity index (χ4n) is 4.98. The van der Waals surface area contributed by atoms with E-state index in [1.807, 2.05) is 4.90 Å². The van der Waals surface area contributed by atoms with Crippen LogP contribution in [0.1, 0.15) is 50.8 Å². The summed E-state index contributed by atoms with van der Waals surface area (Å²) in [5.41, 5.74) is 1.25. The van der Waals surface area contributed by atoms with E-state index in [0.29, 0.717) is 13.0 Å². The number of carbonyl (C=O) groups excluding carboxylic acids is 1. The summed E-state index contributed by atoms with van der Waals surface area (Å²) in [4.78, 5) is 17.5. The highest BCUT2D eigenvalue weighted by Gasteiger charge is 2.39. The number of amides is 1. The van der Waals surface area contributed by atoms with E-state index in [1.54, 1.807) is 0 Å². The van der Waals surface area contributed by atoms with Gasteiger partial charge in [-0.2, -0.15) is 0 Å². The summed E-state index contributed by atoms with van der Waals surface area (Å²) < 4.78 is 26.2. The highest BCUT2D eigenvalue weighted by Crippen LogP contribution is 2.31. The maximum absolute atomic E-state index is 13.3. The average Bonchev–Trinajstić information content (AvgIpc) is 3.32. The molecule has 0 unspecified atom stereocenters. The van der Waals surface area contributed by atoms with Crippen LogP contribution >= 0.6 is 0 Å². The zero-order chi connectivity index (χ0) is 18.3. The van der Waals surface area contributed by atoms with E-state index in [9.17, 15) is 13.2 Å². The van der Waals surface area contributed by atoms with Crippen LogP contribution in [0.2, 0.25) is 0 Å². The van der Waals surface area contributed by atoms with Crippen LogP contribution in [0.4, 0.5) is 0 Å². The zero-order valence-corrected chi connectivity index (χ0v) is 16.3. The van der Waals surface area contributed by atoms with Crippen LogP contribution in [0.3, 0.4) is 0 Å². The molecule has 0 aromatic carbocycles. The number of hydrogen-bond acceptors (Lipinski definition) is 4. The molecule has 1 saturated heterocycles. The molecule has 1 aromatic heterocycles. The number of sulfone groups is 1. The Morgan fingerprint density at radius 3 is 2.65 bits per heavy atom. The van der Waals surface area contributed by atoms with Crippen molar-refractivity contribution in [2.75, 3.05) is 24.6 Å². The van der Waals surface area contributed by atoms with Crippen molar-refractivity contribution in [1.29, 1.82) is 0 Å². The van der Waals surface area contributed by atoms with Gasteiger partial charge in [0.1, 0.15) is 0 Å². The minimum atomic E-state index is -2.99. The minimum Gasteiger partial charge on any atom is -0.349 e. The Morgan fingerprint density at radius 2 is 1.96 bits per heavy atom. The molecule has 0 spiro atoms. The van der Waals surface area contributed by atoms with Crippen molar-refractivity contribution in [3.63, 3.8) is 0 Å². The second-order valence-electron chi connectivity index (χ2n) is 8.07. The molecule has 7 heteroatoms. The van der Waals surface area contributed by atoms with Gasteiger partial charge in [-0.25, -0.2) is 8.42 Å². The van der Waals surface area contributed by atoms with Crippen molar-refractivity contribution in [1.82, 2.24) is 14.4 Å². The molecule has 144 valence electrons. The van der Waals surface area contributed by atoms with Crippen LogP contribution in [0.25, 0.3) is 0 Å².